The van der Waals surface area contributed by atoms with Crippen molar-refractivity contribution in [3.8, 4) is 22.9 Å². The number of methoxy groups -OCH3 is 2. The molecule has 1 saturated heterocycles. The molecule has 130 valence electrons. The fourth-order valence-electron chi connectivity index (χ4n) is 2.94. The van der Waals surface area contributed by atoms with Gasteiger partial charge in [0, 0.05) is 31.5 Å². The van der Waals surface area contributed by atoms with E-state index >= 15 is 0 Å². The van der Waals surface area contributed by atoms with Gasteiger partial charge in [-0.25, -0.2) is 0 Å². The number of likely N-dealkylation sites (tertiary alicyclic amines) is 1. The molecular weight excluding hydrogens is 322 g/mol. The molecule has 0 bridgehead atoms. The Labute approximate surface area is 145 Å². The number of rotatable bonds is 6. The Bertz CT molecular complexity index is 840. The Hall–Kier alpha value is -2.87. The second kappa shape index (κ2) is 6.56. The SMILES string of the molecule is COc1ccc(-c2noc(CN3CC(n4cccn4)C3)n2)c(OC)c1. The average Bonchev–Trinajstić information content (AvgIpc) is 3.29. The fourth-order valence-corrected chi connectivity index (χ4v) is 2.94. The maximum absolute atomic E-state index is 5.40. The Morgan fingerprint density at radius 1 is 1.24 bits per heavy atom. The van der Waals surface area contributed by atoms with E-state index in [0.717, 1.165) is 24.4 Å². The van der Waals surface area contributed by atoms with E-state index in [0.29, 0.717) is 30.1 Å². The minimum Gasteiger partial charge on any atom is -0.497 e. The molecule has 0 amide bonds. The standard InChI is InChI=1S/C17H19N5O3/c1-23-13-4-5-14(15(8-13)24-2)17-19-16(25-20-17)11-21-9-12(10-21)22-7-3-6-18-22/h3-8,12H,9-11H2,1-2H3. The number of hydrogen-bond acceptors (Lipinski definition) is 7. The molecular formula is C17H19N5O3. The van der Waals surface area contributed by atoms with Crippen LogP contribution in [0, 0.1) is 0 Å². The maximum Gasteiger partial charge on any atom is 0.241 e. The monoisotopic (exact) mass is 341 g/mol. The number of hydrogen-bond donors (Lipinski definition) is 0. The Balaban J connectivity index is 1.43. The van der Waals surface area contributed by atoms with Crippen LogP contribution in [0.15, 0.2) is 41.2 Å². The van der Waals surface area contributed by atoms with Crippen LogP contribution < -0.4 is 9.47 Å². The van der Waals surface area contributed by atoms with E-state index < -0.39 is 0 Å². The zero-order valence-corrected chi connectivity index (χ0v) is 14.1. The molecule has 0 aliphatic carbocycles. The summed E-state index contributed by atoms with van der Waals surface area (Å²) in [5.74, 6) is 2.47. The molecule has 3 heterocycles. The lowest BCUT2D eigenvalue weighted by atomic mass is 10.1. The van der Waals surface area contributed by atoms with Crippen molar-refractivity contribution in [1.82, 2.24) is 24.8 Å². The van der Waals surface area contributed by atoms with Gasteiger partial charge in [0.15, 0.2) is 0 Å². The van der Waals surface area contributed by atoms with Crippen LogP contribution in [0.5, 0.6) is 11.5 Å². The summed E-state index contributed by atoms with van der Waals surface area (Å²) in [7, 11) is 3.22. The van der Waals surface area contributed by atoms with Gasteiger partial charge in [-0.1, -0.05) is 5.16 Å². The molecule has 1 aromatic carbocycles. The molecule has 1 aliphatic heterocycles. The first-order valence-corrected chi connectivity index (χ1v) is 8.03. The number of ether oxygens (including phenoxy) is 2. The van der Waals surface area contributed by atoms with Crippen molar-refractivity contribution < 1.29 is 14.0 Å². The van der Waals surface area contributed by atoms with Crippen LogP contribution in [0.25, 0.3) is 11.4 Å². The van der Waals surface area contributed by atoms with Crippen LogP contribution in [0.3, 0.4) is 0 Å². The maximum atomic E-state index is 5.40. The van der Waals surface area contributed by atoms with Crippen molar-refractivity contribution in [1.29, 1.82) is 0 Å². The van der Waals surface area contributed by atoms with Crippen molar-refractivity contribution in [2.45, 2.75) is 12.6 Å². The molecule has 1 fully saturated rings. The predicted molar refractivity (Wildman–Crippen MR) is 89.4 cm³/mol. The molecule has 8 heteroatoms. The van der Waals surface area contributed by atoms with Gasteiger partial charge in [0.05, 0.1) is 32.4 Å². The van der Waals surface area contributed by atoms with Crippen molar-refractivity contribution in [3.05, 3.63) is 42.5 Å². The fraction of sp³-hybridized carbons (Fsp3) is 0.353. The molecule has 25 heavy (non-hydrogen) atoms. The Morgan fingerprint density at radius 2 is 2.12 bits per heavy atom. The number of nitrogens with zero attached hydrogens (tertiary/aromatic N) is 5. The van der Waals surface area contributed by atoms with E-state index in [2.05, 4.69) is 20.1 Å². The van der Waals surface area contributed by atoms with E-state index in [1.807, 2.05) is 29.1 Å². The molecule has 4 rings (SSSR count). The molecule has 0 unspecified atom stereocenters. The first-order valence-electron chi connectivity index (χ1n) is 8.03. The van der Waals surface area contributed by atoms with Gasteiger partial charge in [-0.15, -0.1) is 0 Å². The minimum atomic E-state index is 0.416. The van der Waals surface area contributed by atoms with E-state index in [9.17, 15) is 0 Å². The topological polar surface area (TPSA) is 78.4 Å². The summed E-state index contributed by atoms with van der Waals surface area (Å²) in [6.07, 6.45) is 3.79. The van der Waals surface area contributed by atoms with Crippen LogP contribution in [-0.4, -0.2) is 52.1 Å². The summed E-state index contributed by atoms with van der Waals surface area (Å²) >= 11 is 0. The second-order valence-corrected chi connectivity index (χ2v) is 5.91. The van der Waals surface area contributed by atoms with E-state index in [4.69, 9.17) is 14.0 Å². The lowest BCUT2D eigenvalue weighted by Gasteiger charge is -2.38. The highest BCUT2D eigenvalue weighted by Gasteiger charge is 2.29. The summed E-state index contributed by atoms with van der Waals surface area (Å²) in [4.78, 5) is 6.74. The van der Waals surface area contributed by atoms with Crippen molar-refractivity contribution in [3.63, 3.8) is 0 Å². The Morgan fingerprint density at radius 3 is 2.84 bits per heavy atom. The molecule has 0 radical (unpaired) electrons. The minimum absolute atomic E-state index is 0.416. The summed E-state index contributed by atoms with van der Waals surface area (Å²) in [5.41, 5.74) is 0.774. The Kier molecular flexibility index (Phi) is 4.10. The largest absolute Gasteiger partial charge is 0.497 e. The molecule has 0 spiro atoms. The van der Waals surface area contributed by atoms with Gasteiger partial charge in [0.2, 0.25) is 11.7 Å². The lowest BCUT2D eigenvalue weighted by Crippen LogP contribution is -2.47. The zero-order valence-electron chi connectivity index (χ0n) is 14.1. The van der Waals surface area contributed by atoms with Crippen LogP contribution in [-0.2, 0) is 6.54 Å². The van der Waals surface area contributed by atoms with E-state index in [1.54, 1.807) is 26.5 Å². The molecule has 0 N–H and O–H groups in total. The highest BCUT2D eigenvalue weighted by Crippen LogP contribution is 2.32. The average molecular weight is 341 g/mol. The van der Waals surface area contributed by atoms with Gasteiger partial charge in [-0.3, -0.25) is 9.58 Å². The molecule has 8 nitrogen and oxygen atoms in total. The first kappa shape index (κ1) is 15.6. The zero-order chi connectivity index (χ0) is 17.2. The van der Waals surface area contributed by atoms with Gasteiger partial charge >= 0.3 is 0 Å². The van der Waals surface area contributed by atoms with Crippen LogP contribution in [0.2, 0.25) is 0 Å². The van der Waals surface area contributed by atoms with E-state index in [-0.39, 0.29) is 0 Å². The third-order valence-corrected chi connectivity index (χ3v) is 4.31. The molecule has 0 atom stereocenters. The number of aromatic nitrogens is 4. The first-order chi connectivity index (χ1) is 12.3. The van der Waals surface area contributed by atoms with Crippen LogP contribution >= 0.6 is 0 Å². The summed E-state index contributed by atoms with van der Waals surface area (Å²) < 4.78 is 18.0. The second-order valence-electron chi connectivity index (χ2n) is 5.91. The van der Waals surface area contributed by atoms with E-state index in [1.165, 1.54) is 0 Å². The van der Waals surface area contributed by atoms with Crippen molar-refractivity contribution in [2.24, 2.45) is 0 Å². The summed E-state index contributed by atoms with van der Waals surface area (Å²) in [5, 5.41) is 8.35. The number of benzene rings is 1. The van der Waals surface area contributed by atoms with Gasteiger partial charge < -0.3 is 14.0 Å². The third kappa shape index (κ3) is 3.08. The van der Waals surface area contributed by atoms with Gasteiger partial charge in [0.1, 0.15) is 11.5 Å². The highest BCUT2D eigenvalue weighted by atomic mass is 16.5. The van der Waals surface area contributed by atoms with Crippen molar-refractivity contribution >= 4 is 0 Å². The van der Waals surface area contributed by atoms with Gasteiger partial charge in [0.25, 0.3) is 0 Å². The van der Waals surface area contributed by atoms with Crippen LogP contribution in [0.1, 0.15) is 11.9 Å². The van der Waals surface area contributed by atoms with Crippen molar-refractivity contribution in [2.75, 3.05) is 27.3 Å². The molecule has 3 aromatic rings. The van der Waals surface area contributed by atoms with Gasteiger partial charge in [-0.2, -0.15) is 10.1 Å². The van der Waals surface area contributed by atoms with Crippen LogP contribution in [0.4, 0.5) is 0 Å². The molecule has 1 aliphatic rings. The lowest BCUT2D eigenvalue weighted by molar-refractivity contribution is 0.0791. The van der Waals surface area contributed by atoms with Gasteiger partial charge in [-0.05, 0) is 18.2 Å². The smallest absolute Gasteiger partial charge is 0.241 e. The summed E-state index contributed by atoms with van der Waals surface area (Å²) in [6.45, 7) is 2.47. The highest BCUT2D eigenvalue weighted by molar-refractivity contribution is 5.65. The quantitative estimate of drug-likeness (QED) is 0.678. The predicted octanol–water partition coefficient (Wildman–Crippen LogP) is 2.01. The normalized spacial score (nSPS) is 15.1. The molecule has 0 saturated carbocycles. The molecule has 2 aromatic heterocycles. The third-order valence-electron chi connectivity index (χ3n) is 4.31. The summed E-state index contributed by atoms with van der Waals surface area (Å²) in [6, 6.07) is 7.87.